The first-order valence-electron chi connectivity index (χ1n) is 6.95. The van der Waals surface area contributed by atoms with Crippen molar-refractivity contribution in [3.05, 3.63) is 23.8 Å². The third-order valence-electron chi connectivity index (χ3n) is 3.59. The van der Waals surface area contributed by atoms with Crippen LogP contribution in [0.25, 0.3) is 0 Å². The van der Waals surface area contributed by atoms with Crippen molar-refractivity contribution >= 4 is 11.4 Å². The lowest BCUT2D eigenvalue weighted by Crippen LogP contribution is -2.29. The predicted molar refractivity (Wildman–Crippen MR) is 78.9 cm³/mol. The van der Waals surface area contributed by atoms with Crippen molar-refractivity contribution in [2.45, 2.75) is 19.8 Å². The molecule has 1 aliphatic rings. The molecule has 3 N–H and O–H groups in total. The molecule has 4 heteroatoms. The Labute approximate surface area is 115 Å². The van der Waals surface area contributed by atoms with Crippen LogP contribution in [0.4, 0.5) is 11.4 Å². The number of nitrogens with two attached hydrogens (primary N) is 1. The molecule has 4 nitrogen and oxygen atoms in total. The Morgan fingerprint density at radius 3 is 2.84 bits per heavy atom. The lowest BCUT2D eigenvalue weighted by atomic mass is 10.1. The van der Waals surface area contributed by atoms with Crippen molar-refractivity contribution in [1.29, 1.82) is 5.26 Å². The smallest absolute Gasteiger partial charge is 0.0992 e. The Hall–Kier alpha value is -1.73. The van der Waals surface area contributed by atoms with E-state index in [1.54, 1.807) is 12.1 Å². The van der Waals surface area contributed by atoms with E-state index in [0.29, 0.717) is 17.2 Å². The van der Waals surface area contributed by atoms with Crippen LogP contribution in [0.1, 0.15) is 25.3 Å². The van der Waals surface area contributed by atoms with Gasteiger partial charge in [0.15, 0.2) is 0 Å². The van der Waals surface area contributed by atoms with Gasteiger partial charge in [-0.25, -0.2) is 0 Å². The van der Waals surface area contributed by atoms with Crippen LogP contribution in [0.5, 0.6) is 0 Å². The highest BCUT2D eigenvalue weighted by Gasteiger charge is 2.14. The summed E-state index contributed by atoms with van der Waals surface area (Å²) in [5.41, 5.74) is 8.12. The van der Waals surface area contributed by atoms with Crippen LogP contribution in [0, 0.1) is 17.2 Å². The highest BCUT2D eigenvalue weighted by atomic mass is 15.1. The van der Waals surface area contributed by atoms with E-state index in [1.807, 2.05) is 6.07 Å². The summed E-state index contributed by atoms with van der Waals surface area (Å²) in [6.07, 6.45) is 2.66. The van der Waals surface area contributed by atoms with Crippen LogP contribution in [0.3, 0.4) is 0 Å². The first-order valence-corrected chi connectivity index (χ1v) is 6.95. The van der Waals surface area contributed by atoms with Gasteiger partial charge in [-0.15, -0.1) is 0 Å². The summed E-state index contributed by atoms with van der Waals surface area (Å²) in [6.45, 7) is 6.73. The number of nitrogens with zero attached hydrogens (tertiary/aromatic N) is 2. The molecule has 2 rings (SSSR count). The number of nitriles is 1. The second-order valence-electron chi connectivity index (χ2n) is 5.41. The zero-order chi connectivity index (χ0) is 13.7. The second-order valence-corrected chi connectivity index (χ2v) is 5.41. The highest BCUT2D eigenvalue weighted by Crippen LogP contribution is 2.20. The van der Waals surface area contributed by atoms with Gasteiger partial charge < -0.3 is 16.0 Å². The Kier molecular flexibility index (Phi) is 4.64. The fourth-order valence-electron chi connectivity index (χ4n) is 2.53. The summed E-state index contributed by atoms with van der Waals surface area (Å²) in [5.74, 6) is 0.572. The molecular weight excluding hydrogens is 236 g/mol. The van der Waals surface area contributed by atoms with Crippen LogP contribution in [0.2, 0.25) is 0 Å². The number of benzene rings is 1. The molecule has 1 aromatic carbocycles. The average Bonchev–Trinajstić information content (AvgIpc) is 2.90. The van der Waals surface area contributed by atoms with Crippen LogP contribution in [-0.4, -0.2) is 31.1 Å². The molecule has 102 valence electrons. The molecule has 1 saturated heterocycles. The average molecular weight is 258 g/mol. The van der Waals surface area contributed by atoms with Gasteiger partial charge in [0.2, 0.25) is 0 Å². The minimum absolute atomic E-state index is 0.572. The van der Waals surface area contributed by atoms with E-state index in [1.165, 1.54) is 25.9 Å². The normalized spacial score (nSPS) is 17.1. The summed E-state index contributed by atoms with van der Waals surface area (Å²) in [7, 11) is 0. The van der Waals surface area contributed by atoms with Crippen molar-refractivity contribution in [3.63, 3.8) is 0 Å². The maximum absolute atomic E-state index is 8.89. The Morgan fingerprint density at radius 1 is 1.42 bits per heavy atom. The summed E-state index contributed by atoms with van der Waals surface area (Å²) in [5, 5.41) is 12.3. The molecule has 0 saturated carbocycles. The van der Waals surface area contributed by atoms with Crippen molar-refractivity contribution in [2.75, 3.05) is 37.2 Å². The molecule has 0 aliphatic carbocycles. The molecule has 1 unspecified atom stereocenters. The van der Waals surface area contributed by atoms with Gasteiger partial charge in [0, 0.05) is 13.1 Å². The number of likely N-dealkylation sites (tertiary alicyclic amines) is 1. The van der Waals surface area contributed by atoms with Crippen LogP contribution >= 0.6 is 0 Å². The molecule has 0 radical (unpaired) electrons. The number of hydrogen-bond donors (Lipinski definition) is 2. The van der Waals surface area contributed by atoms with Gasteiger partial charge in [-0.3, -0.25) is 0 Å². The van der Waals surface area contributed by atoms with E-state index in [2.05, 4.69) is 23.2 Å². The summed E-state index contributed by atoms with van der Waals surface area (Å²) in [4.78, 5) is 2.52. The topological polar surface area (TPSA) is 65.1 Å². The number of nitrogen functional groups attached to an aromatic ring is 1. The molecule has 0 aromatic heterocycles. The van der Waals surface area contributed by atoms with E-state index in [9.17, 15) is 0 Å². The van der Waals surface area contributed by atoms with E-state index in [4.69, 9.17) is 11.0 Å². The minimum Gasteiger partial charge on any atom is -0.397 e. The van der Waals surface area contributed by atoms with Gasteiger partial charge in [-0.1, -0.05) is 6.92 Å². The number of rotatable bonds is 5. The predicted octanol–water partition coefficient (Wildman–Crippen LogP) is 2.28. The van der Waals surface area contributed by atoms with Crippen LogP contribution in [-0.2, 0) is 0 Å². The maximum Gasteiger partial charge on any atom is 0.0992 e. The zero-order valence-electron chi connectivity index (χ0n) is 11.5. The number of hydrogen-bond acceptors (Lipinski definition) is 4. The SMILES string of the molecule is CC(CNc1cc(C#N)ccc1N)CN1CCCC1. The molecular formula is C15H22N4. The number of anilines is 2. The largest absolute Gasteiger partial charge is 0.397 e. The molecule has 1 fully saturated rings. The quantitative estimate of drug-likeness (QED) is 0.795. The van der Waals surface area contributed by atoms with Crippen molar-refractivity contribution in [3.8, 4) is 6.07 Å². The van der Waals surface area contributed by atoms with Gasteiger partial charge in [0.25, 0.3) is 0 Å². The van der Waals surface area contributed by atoms with Gasteiger partial charge in [0.1, 0.15) is 0 Å². The molecule has 1 aliphatic heterocycles. The minimum atomic E-state index is 0.572. The molecule has 1 atom stereocenters. The third-order valence-corrected chi connectivity index (χ3v) is 3.59. The van der Waals surface area contributed by atoms with Gasteiger partial charge in [0.05, 0.1) is 23.0 Å². The van der Waals surface area contributed by atoms with Gasteiger partial charge >= 0.3 is 0 Å². The standard InChI is InChI=1S/C15H22N4/c1-12(11-19-6-2-3-7-19)10-18-15-8-13(9-16)4-5-14(15)17/h4-5,8,12,18H,2-3,6-7,10-11,17H2,1H3. The summed E-state index contributed by atoms with van der Waals surface area (Å²) >= 11 is 0. The fourth-order valence-corrected chi connectivity index (χ4v) is 2.53. The van der Waals surface area contributed by atoms with Gasteiger partial charge in [-0.2, -0.15) is 5.26 Å². The lowest BCUT2D eigenvalue weighted by molar-refractivity contribution is 0.294. The summed E-state index contributed by atoms with van der Waals surface area (Å²) < 4.78 is 0. The number of nitrogens with one attached hydrogen (secondary N) is 1. The second kappa shape index (κ2) is 6.44. The molecule has 1 aromatic rings. The van der Waals surface area contributed by atoms with E-state index < -0.39 is 0 Å². The first-order chi connectivity index (χ1) is 9.19. The van der Waals surface area contributed by atoms with Crippen molar-refractivity contribution < 1.29 is 0 Å². The van der Waals surface area contributed by atoms with E-state index in [-0.39, 0.29) is 0 Å². The third kappa shape index (κ3) is 3.87. The highest BCUT2D eigenvalue weighted by molar-refractivity contribution is 5.68. The Balaban J connectivity index is 1.85. The fraction of sp³-hybridized carbons (Fsp3) is 0.533. The molecule has 1 heterocycles. The molecule has 19 heavy (non-hydrogen) atoms. The summed E-state index contributed by atoms with van der Waals surface area (Å²) in [6, 6.07) is 7.48. The molecule has 0 amide bonds. The molecule has 0 spiro atoms. The zero-order valence-corrected chi connectivity index (χ0v) is 11.5. The first kappa shape index (κ1) is 13.7. The Morgan fingerprint density at radius 2 is 2.16 bits per heavy atom. The van der Waals surface area contributed by atoms with Crippen molar-refractivity contribution in [2.24, 2.45) is 5.92 Å². The van der Waals surface area contributed by atoms with Gasteiger partial charge in [-0.05, 0) is 50.0 Å². The van der Waals surface area contributed by atoms with Crippen molar-refractivity contribution in [1.82, 2.24) is 4.90 Å². The van der Waals surface area contributed by atoms with E-state index in [0.717, 1.165) is 18.8 Å². The Bertz CT molecular complexity index is 458. The maximum atomic E-state index is 8.89. The van der Waals surface area contributed by atoms with Crippen LogP contribution < -0.4 is 11.1 Å². The molecule has 0 bridgehead atoms. The monoisotopic (exact) mass is 258 g/mol. The van der Waals surface area contributed by atoms with E-state index >= 15 is 0 Å². The van der Waals surface area contributed by atoms with Crippen LogP contribution in [0.15, 0.2) is 18.2 Å². The lowest BCUT2D eigenvalue weighted by Gasteiger charge is -2.21.